The van der Waals surface area contributed by atoms with Gasteiger partial charge in [0.25, 0.3) is 5.91 Å². The molecular formula is C15H14ClNO4. The molecule has 2 rings (SSSR count). The van der Waals surface area contributed by atoms with E-state index < -0.39 is 18.0 Å². The maximum absolute atomic E-state index is 12.0. The van der Waals surface area contributed by atoms with Crippen molar-refractivity contribution in [2.24, 2.45) is 0 Å². The van der Waals surface area contributed by atoms with Crippen molar-refractivity contribution in [2.75, 3.05) is 5.32 Å². The van der Waals surface area contributed by atoms with Gasteiger partial charge in [-0.05, 0) is 38.1 Å². The van der Waals surface area contributed by atoms with Crippen LogP contribution in [0.5, 0.6) is 0 Å². The summed E-state index contributed by atoms with van der Waals surface area (Å²) in [6, 6.07) is 8.21. The number of carbonyl (C=O) groups excluding carboxylic acids is 2. The number of rotatable bonds is 4. The maximum Gasteiger partial charge on any atom is 0.342 e. The van der Waals surface area contributed by atoms with E-state index in [4.69, 9.17) is 20.8 Å². The summed E-state index contributed by atoms with van der Waals surface area (Å²) in [6.45, 7) is 3.14. The standard InChI is InChI=1S/C15H14ClNO4/c1-9-13(6-7-20-9)15(19)21-10(2)14(18)17-12-5-3-4-11(16)8-12/h3-8,10H,1-2H3,(H,17,18)/t10-/m0/s1. The predicted octanol–water partition coefficient (Wildman–Crippen LogP) is 3.43. The van der Waals surface area contributed by atoms with Gasteiger partial charge in [-0.15, -0.1) is 0 Å². The molecule has 2 aromatic rings. The molecule has 0 aliphatic carbocycles. The van der Waals surface area contributed by atoms with Gasteiger partial charge >= 0.3 is 5.97 Å². The van der Waals surface area contributed by atoms with Crippen LogP contribution in [-0.4, -0.2) is 18.0 Å². The van der Waals surface area contributed by atoms with Crippen molar-refractivity contribution in [1.82, 2.24) is 0 Å². The molecule has 0 aliphatic heterocycles. The molecule has 0 radical (unpaired) electrons. The third-order valence-corrected chi connectivity index (χ3v) is 3.06. The first-order valence-electron chi connectivity index (χ1n) is 6.29. The smallest absolute Gasteiger partial charge is 0.342 e. The van der Waals surface area contributed by atoms with Gasteiger partial charge in [0.1, 0.15) is 11.3 Å². The van der Waals surface area contributed by atoms with Crippen LogP contribution in [0.25, 0.3) is 0 Å². The summed E-state index contributed by atoms with van der Waals surface area (Å²) in [4.78, 5) is 23.8. The number of ether oxygens (including phenoxy) is 1. The Balaban J connectivity index is 1.97. The van der Waals surface area contributed by atoms with Crippen molar-refractivity contribution in [3.63, 3.8) is 0 Å². The minimum atomic E-state index is -0.939. The van der Waals surface area contributed by atoms with E-state index in [0.717, 1.165) is 0 Å². The van der Waals surface area contributed by atoms with E-state index >= 15 is 0 Å². The van der Waals surface area contributed by atoms with E-state index in [0.29, 0.717) is 22.0 Å². The molecule has 21 heavy (non-hydrogen) atoms. The van der Waals surface area contributed by atoms with Crippen LogP contribution in [0.4, 0.5) is 5.69 Å². The van der Waals surface area contributed by atoms with E-state index in [1.807, 2.05) is 0 Å². The number of esters is 1. The molecule has 1 atom stereocenters. The SMILES string of the molecule is Cc1occc1C(=O)O[C@@H](C)C(=O)Nc1cccc(Cl)c1. The predicted molar refractivity (Wildman–Crippen MR) is 78.4 cm³/mol. The van der Waals surface area contributed by atoms with Crippen LogP contribution < -0.4 is 5.32 Å². The second kappa shape index (κ2) is 6.45. The van der Waals surface area contributed by atoms with Crippen LogP contribution in [0.15, 0.2) is 41.0 Å². The Bertz CT molecular complexity index is 665. The summed E-state index contributed by atoms with van der Waals surface area (Å²) in [5.74, 6) is -0.593. The average Bonchev–Trinajstić information content (AvgIpc) is 2.85. The molecule has 0 saturated carbocycles. The summed E-state index contributed by atoms with van der Waals surface area (Å²) < 4.78 is 10.1. The van der Waals surface area contributed by atoms with E-state index in [1.54, 1.807) is 31.2 Å². The summed E-state index contributed by atoms with van der Waals surface area (Å²) in [6.07, 6.45) is 0.452. The highest BCUT2D eigenvalue weighted by atomic mass is 35.5. The summed E-state index contributed by atoms with van der Waals surface area (Å²) >= 11 is 5.83. The molecule has 1 aromatic carbocycles. The lowest BCUT2D eigenvalue weighted by atomic mass is 10.2. The van der Waals surface area contributed by atoms with Gasteiger partial charge in [-0.3, -0.25) is 4.79 Å². The van der Waals surface area contributed by atoms with Gasteiger partial charge in [-0.25, -0.2) is 4.79 Å². The minimum absolute atomic E-state index is 0.303. The number of aryl methyl sites for hydroxylation is 1. The molecule has 1 amide bonds. The first-order valence-corrected chi connectivity index (χ1v) is 6.66. The first kappa shape index (κ1) is 15.1. The van der Waals surface area contributed by atoms with Crippen LogP contribution in [-0.2, 0) is 9.53 Å². The van der Waals surface area contributed by atoms with Crippen LogP contribution in [0, 0.1) is 6.92 Å². The Labute approximate surface area is 126 Å². The lowest BCUT2D eigenvalue weighted by Crippen LogP contribution is -2.30. The zero-order valence-electron chi connectivity index (χ0n) is 11.6. The molecule has 0 unspecified atom stereocenters. The van der Waals surface area contributed by atoms with Gasteiger partial charge in [0.2, 0.25) is 0 Å². The van der Waals surface area contributed by atoms with E-state index in [-0.39, 0.29) is 0 Å². The molecule has 0 aliphatic rings. The number of carbonyl (C=O) groups is 2. The van der Waals surface area contributed by atoms with Gasteiger partial charge in [0.15, 0.2) is 6.10 Å². The fourth-order valence-corrected chi connectivity index (χ4v) is 1.87. The van der Waals surface area contributed by atoms with Crippen LogP contribution in [0.2, 0.25) is 5.02 Å². The molecule has 1 N–H and O–H groups in total. The monoisotopic (exact) mass is 307 g/mol. The first-order chi connectivity index (χ1) is 9.97. The number of benzene rings is 1. The normalized spacial score (nSPS) is 11.8. The topological polar surface area (TPSA) is 68.5 Å². The van der Waals surface area contributed by atoms with E-state index in [9.17, 15) is 9.59 Å². The summed E-state index contributed by atoms with van der Waals surface area (Å²) in [7, 11) is 0. The highest BCUT2D eigenvalue weighted by molar-refractivity contribution is 6.30. The Morgan fingerprint density at radius 2 is 2.10 bits per heavy atom. The minimum Gasteiger partial charge on any atom is -0.469 e. The zero-order chi connectivity index (χ0) is 15.4. The molecule has 0 saturated heterocycles. The molecule has 0 spiro atoms. The highest BCUT2D eigenvalue weighted by Crippen LogP contribution is 2.16. The Morgan fingerprint density at radius 1 is 1.33 bits per heavy atom. The van der Waals surface area contributed by atoms with Crippen molar-refractivity contribution in [1.29, 1.82) is 0 Å². The summed E-state index contributed by atoms with van der Waals surface area (Å²) in [5, 5.41) is 3.13. The van der Waals surface area contributed by atoms with Crippen molar-refractivity contribution in [2.45, 2.75) is 20.0 Å². The van der Waals surface area contributed by atoms with Gasteiger partial charge in [-0.2, -0.15) is 0 Å². The van der Waals surface area contributed by atoms with Crippen molar-refractivity contribution in [3.8, 4) is 0 Å². The molecule has 1 heterocycles. The maximum atomic E-state index is 12.0. The lowest BCUT2D eigenvalue weighted by Gasteiger charge is -2.13. The second-order valence-corrected chi connectivity index (χ2v) is 4.87. The second-order valence-electron chi connectivity index (χ2n) is 4.44. The molecule has 1 aromatic heterocycles. The van der Waals surface area contributed by atoms with Gasteiger partial charge in [0.05, 0.1) is 6.26 Å². The van der Waals surface area contributed by atoms with E-state index in [2.05, 4.69) is 5.32 Å². The Hall–Kier alpha value is -2.27. The Morgan fingerprint density at radius 3 is 2.71 bits per heavy atom. The number of hydrogen-bond donors (Lipinski definition) is 1. The number of furan rings is 1. The zero-order valence-corrected chi connectivity index (χ0v) is 12.3. The number of amides is 1. The molecule has 5 nitrogen and oxygen atoms in total. The van der Waals surface area contributed by atoms with Crippen molar-refractivity contribution < 1.29 is 18.7 Å². The number of nitrogens with one attached hydrogen (secondary N) is 1. The molecule has 6 heteroatoms. The highest BCUT2D eigenvalue weighted by Gasteiger charge is 2.21. The third kappa shape index (κ3) is 3.86. The molecule has 110 valence electrons. The average molecular weight is 308 g/mol. The summed E-state index contributed by atoms with van der Waals surface area (Å²) in [5.41, 5.74) is 0.840. The van der Waals surface area contributed by atoms with E-state index in [1.165, 1.54) is 19.3 Å². The van der Waals surface area contributed by atoms with Crippen LogP contribution in [0.1, 0.15) is 23.0 Å². The third-order valence-electron chi connectivity index (χ3n) is 2.82. The van der Waals surface area contributed by atoms with Gasteiger partial charge in [0, 0.05) is 10.7 Å². The molecule has 0 bridgehead atoms. The molecule has 0 fully saturated rings. The lowest BCUT2D eigenvalue weighted by molar-refractivity contribution is -0.123. The number of hydrogen-bond acceptors (Lipinski definition) is 4. The fraction of sp³-hybridized carbons (Fsp3) is 0.200. The van der Waals surface area contributed by atoms with Crippen LogP contribution >= 0.6 is 11.6 Å². The van der Waals surface area contributed by atoms with Crippen molar-refractivity contribution in [3.05, 3.63) is 52.9 Å². The number of halogens is 1. The quantitative estimate of drug-likeness (QED) is 0.879. The van der Waals surface area contributed by atoms with Gasteiger partial charge < -0.3 is 14.5 Å². The van der Waals surface area contributed by atoms with Gasteiger partial charge in [-0.1, -0.05) is 17.7 Å². The number of anilines is 1. The van der Waals surface area contributed by atoms with Crippen molar-refractivity contribution >= 4 is 29.2 Å². The van der Waals surface area contributed by atoms with Crippen LogP contribution in [0.3, 0.4) is 0 Å². The Kier molecular flexibility index (Phi) is 4.65. The fourth-order valence-electron chi connectivity index (χ4n) is 1.68. The molecular weight excluding hydrogens is 294 g/mol. The largest absolute Gasteiger partial charge is 0.469 e.